The molecule has 0 spiro atoms. The molecule has 0 amide bonds. The summed E-state index contributed by atoms with van der Waals surface area (Å²) in [4.78, 5) is 13.9. The van der Waals surface area contributed by atoms with Crippen molar-refractivity contribution in [3.05, 3.63) is 41.2 Å². The number of carbonyl (C=O) groups is 1. The van der Waals surface area contributed by atoms with Crippen LogP contribution in [0.3, 0.4) is 0 Å². The summed E-state index contributed by atoms with van der Waals surface area (Å²) in [7, 11) is 0. The Morgan fingerprint density at radius 2 is 1.81 bits per heavy atom. The summed E-state index contributed by atoms with van der Waals surface area (Å²) in [6, 6.07) is 6.96. The molecule has 0 unspecified atom stereocenters. The molecule has 2 rings (SSSR count). The van der Waals surface area contributed by atoms with E-state index in [4.69, 9.17) is 0 Å². The number of aromatic nitrogens is 1. The summed E-state index contributed by atoms with van der Waals surface area (Å²) in [5, 5.41) is 9.23. The van der Waals surface area contributed by atoms with Gasteiger partial charge in [0.2, 0.25) is 0 Å². The van der Waals surface area contributed by atoms with Crippen molar-refractivity contribution in [3.8, 4) is 16.9 Å². The van der Waals surface area contributed by atoms with Gasteiger partial charge < -0.3 is 10.1 Å². The Balaban J connectivity index is 2.59. The van der Waals surface area contributed by atoms with E-state index in [0.29, 0.717) is 5.69 Å². The molecule has 0 aliphatic carbocycles. The van der Waals surface area contributed by atoms with Crippen molar-refractivity contribution in [3.63, 3.8) is 0 Å². The number of phenolic OH excluding ortho intramolecular Hbond substituents is 1. The van der Waals surface area contributed by atoms with Crippen LogP contribution in [0.1, 0.15) is 21.7 Å². The minimum atomic E-state index is 0.241. The van der Waals surface area contributed by atoms with E-state index in [1.165, 1.54) is 0 Å². The summed E-state index contributed by atoms with van der Waals surface area (Å²) < 4.78 is 0. The molecule has 0 atom stereocenters. The highest BCUT2D eigenvalue weighted by Gasteiger charge is 2.12. The van der Waals surface area contributed by atoms with Gasteiger partial charge in [0.15, 0.2) is 6.29 Å². The van der Waals surface area contributed by atoms with Gasteiger partial charge in [-0.15, -0.1) is 0 Å². The Morgan fingerprint density at radius 1 is 1.19 bits per heavy atom. The number of carbonyl (C=O) groups excluding carboxylic acids is 1. The van der Waals surface area contributed by atoms with Gasteiger partial charge in [-0.2, -0.15) is 0 Å². The predicted octanol–water partition coefficient (Wildman–Crippen LogP) is 2.82. The fraction of sp³-hybridized carbons (Fsp3) is 0.154. The number of benzene rings is 1. The number of aldehydes is 1. The first-order valence-corrected chi connectivity index (χ1v) is 5.07. The van der Waals surface area contributed by atoms with Crippen LogP contribution in [0.5, 0.6) is 5.75 Å². The van der Waals surface area contributed by atoms with Gasteiger partial charge in [-0.3, -0.25) is 4.79 Å². The second-order valence-electron chi connectivity index (χ2n) is 3.83. The lowest BCUT2D eigenvalue weighted by molar-refractivity contribution is 0.111. The highest BCUT2D eigenvalue weighted by atomic mass is 16.3. The highest BCUT2D eigenvalue weighted by molar-refractivity contribution is 5.83. The van der Waals surface area contributed by atoms with E-state index < -0.39 is 0 Å². The van der Waals surface area contributed by atoms with Gasteiger partial charge in [-0.1, -0.05) is 12.1 Å². The van der Waals surface area contributed by atoms with Crippen LogP contribution in [0, 0.1) is 13.8 Å². The molecule has 16 heavy (non-hydrogen) atoms. The van der Waals surface area contributed by atoms with Crippen LogP contribution in [0.2, 0.25) is 0 Å². The standard InChI is InChI=1S/C13H13NO2/c1-8-12(7-15)14-9(2)13(8)10-3-5-11(16)6-4-10/h3-7,14,16H,1-2H3. The van der Waals surface area contributed by atoms with Gasteiger partial charge in [-0.05, 0) is 37.1 Å². The summed E-state index contributed by atoms with van der Waals surface area (Å²) in [5.41, 5.74) is 4.54. The molecular formula is C13H13NO2. The highest BCUT2D eigenvalue weighted by Crippen LogP contribution is 2.29. The zero-order chi connectivity index (χ0) is 11.7. The van der Waals surface area contributed by atoms with Crippen molar-refractivity contribution in [1.29, 1.82) is 0 Å². The Morgan fingerprint density at radius 3 is 2.31 bits per heavy atom. The molecule has 0 radical (unpaired) electrons. The summed E-state index contributed by atoms with van der Waals surface area (Å²) >= 11 is 0. The molecule has 1 heterocycles. The average molecular weight is 215 g/mol. The number of hydrogen-bond donors (Lipinski definition) is 2. The van der Waals surface area contributed by atoms with Crippen molar-refractivity contribution in [1.82, 2.24) is 4.98 Å². The summed E-state index contributed by atoms with van der Waals surface area (Å²) in [5.74, 6) is 0.241. The van der Waals surface area contributed by atoms with Crippen LogP contribution >= 0.6 is 0 Å². The van der Waals surface area contributed by atoms with E-state index in [-0.39, 0.29) is 5.75 Å². The zero-order valence-electron chi connectivity index (χ0n) is 9.24. The molecule has 0 saturated heterocycles. The normalized spacial score (nSPS) is 10.4. The van der Waals surface area contributed by atoms with Crippen LogP contribution in [0.25, 0.3) is 11.1 Å². The average Bonchev–Trinajstić information content (AvgIpc) is 2.56. The van der Waals surface area contributed by atoms with Crippen LogP contribution in [-0.2, 0) is 0 Å². The summed E-state index contributed by atoms with van der Waals surface area (Å²) in [6.45, 7) is 3.84. The number of rotatable bonds is 2. The Hall–Kier alpha value is -2.03. The van der Waals surface area contributed by atoms with Crippen LogP contribution < -0.4 is 0 Å². The van der Waals surface area contributed by atoms with Crippen LogP contribution in [0.4, 0.5) is 0 Å². The maximum absolute atomic E-state index is 10.8. The topological polar surface area (TPSA) is 53.1 Å². The van der Waals surface area contributed by atoms with Gasteiger partial charge in [0.05, 0.1) is 5.69 Å². The Labute approximate surface area is 93.7 Å². The largest absolute Gasteiger partial charge is 0.508 e. The number of hydrogen-bond acceptors (Lipinski definition) is 2. The molecule has 3 heteroatoms. The molecule has 0 fully saturated rings. The molecule has 2 aromatic rings. The Kier molecular flexibility index (Phi) is 2.52. The first kappa shape index (κ1) is 10.5. The number of H-pyrrole nitrogens is 1. The zero-order valence-corrected chi connectivity index (χ0v) is 9.24. The molecule has 0 aliphatic heterocycles. The van der Waals surface area contributed by atoms with Crippen molar-refractivity contribution in [2.45, 2.75) is 13.8 Å². The maximum atomic E-state index is 10.8. The van der Waals surface area contributed by atoms with Gasteiger partial charge in [0, 0.05) is 11.3 Å². The van der Waals surface area contributed by atoms with Crippen LogP contribution in [0.15, 0.2) is 24.3 Å². The molecule has 82 valence electrons. The number of aryl methyl sites for hydroxylation is 1. The van der Waals surface area contributed by atoms with Gasteiger partial charge in [0.1, 0.15) is 5.75 Å². The second-order valence-corrected chi connectivity index (χ2v) is 3.83. The third-order valence-corrected chi connectivity index (χ3v) is 2.75. The van der Waals surface area contributed by atoms with E-state index in [1.807, 2.05) is 26.0 Å². The molecule has 1 aromatic carbocycles. The molecule has 0 saturated carbocycles. The van der Waals surface area contributed by atoms with E-state index in [0.717, 1.165) is 28.7 Å². The van der Waals surface area contributed by atoms with Gasteiger partial charge >= 0.3 is 0 Å². The monoisotopic (exact) mass is 215 g/mol. The number of aromatic hydroxyl groups is 1. The number of phenols is 1. The molecule has 0 bridgehead atoms. The van der Waals surface area contributed by atoms with Crippen molar-refractivity contribution >= 4 is 6.29 Å². The van der Waals surface area contributed by atoms with Gasteiger partial charge in [-0.25, -0.2) is 0 Å². The molecule has 3 nitrogen and oxygen atoms in total. The third kappa shape index (κ3) is 1.60. The SMILES string of the molecule is Cc1[nH]c(C=O)c(C)c1-c1ccc(O)cc1. The quantitative estimate of drug-likeness (QED) is 0.757. The number of nitrogens with one attached hydrogen (secondary N) is 1. The van der Waals surface area contributed by atoms with E-state index >= 15 is 0 Å². The minimum absolute atomic E-state index is 0.241. The maximum Gasteiger partial charge on any atom is 0.166 e. The lowest BCUT2D eigenvalue weighted by atomic mass is 10.0. The predicted molar refractivity (Wildman–Crippen MR) is 62.8 cm³/mol. The second kappa shape index (κ2) is 3.85. The fourth-order valence-corrected chi connectivity index (χ4v) is 1.95. The lowest BCUT2D eigenvalue weighted by Crippen LogP contribution is -1.83. The van der Waals surface area contributed by atoms with Crippen molar-refractivity contribution < 1.29 is 9.90 Å². The lowest BCUT2D eigenvalue weighted by Gasteiger charge is -2.02. The fourth-order valence-electron chi connectivity index (χ4n) is 1.95. The first-order valence-electron chi connectivity index (χ1n) is 5.07. The van der Waals surface area contributed by atoms with E-state index in [1.54, 1.807) is 12.1 Å². The Bertz CT molecular complexity index is 524. The molecule has 0 aliphatic rings. The van der Waals surface area contributed by atoms with E-state index in [2.05, 4.69) is 4.98 Å². The van der Waals surface area contributed by atoms with Crippen LogP contribution in [-0.4, -0.2) is 16.4 Å². The third-order valence-electron chi connectivity index (χ3n) is 2.75. The smallest absolute Gasteiger partial charge is 0.166 e. The van der Waals surface area contributed by atoms with Crippen molar-refractivity contribution in [2.75, 3.05) is 0 Å². The molecular weight excluding hydrogens is 202 g/mol. The number of aromatic amines is 1. The summed E-state index contributed by atoms with van der Waals surface area (Å²) in [6.07, 6.45) is 0.826. The minimum Gasteiger partial charge on any atom is -0.508 e. The first-order chi connectivity index (χ1) is 7.63. The molecule has 1 aromatic heterocycles. The molecule has 2 N–H and O–H groups in total. The van der Waals surface area contributed by atoms with E-state index in [9.17, 15) is 9.90 Å². The van der Waals surface area contributed by atoms with Gasteiger partial charge in [0.25, 0.3) is 0 Å². The van der Waals surface area contributed by atoms with Crippen molar-refractivity contribution in [2.24, 2.45) is 0 Å².